The lowest BCUT2D eigenvalue weighted by atomic mass is 10.2. The van der Waals surface area contributed by atoms with Crippen LogP contribution in [0.2, 0.25) is 0 Å². The molecule has 0 saturated carbocycles. The number of carbonyl (C=O) groups excluding carboxylic acids is 1. The third-order valence-electron chi connectivity index (χ3n) is 3.41. The number of carbonyl (C=O) groups is 1. The van der Waals surface area contributed by atoms with Gasteiger partial charge >= 0.3 is 0 Å². The Bertz CT molecular complexity index is 880. The van der Waals surface area contributed by atoms with Gasteiger partial charge in [0.2, 0.25) is 5.91 Å². The van der Waals surface area contributed by atoms with Gasteiger partial charge in [-0.2, -0.15) is 5.10 Å². The lowest BCUT2D eigenvalue weighted by molar-refractivity contribution is -0.111. The summed E-state index contributed by atoms with van der Waals surface area (Å²) in [4.78, 5) is 12.1. The average molecular weight is 386 g/mol. The Balaban J connectivity index is 1.68. The van der Waals surface area contributed by atoms with Gasteiger partial charge in [-0.15, -0.1) is 0 Å². The Kier molecular flexibility index (Phi) is 4.96. The first-order chi connectivity index (χ1) is 11.6. The van der Waals surface area contributed by atoms with Crippen molar-refractivity contribution in [3.05, 3.63) is 76.3 Å². The predicted octanol–water partition coefficient (Wildman–Crippen LogP) is 4.25. The Morgan fingerprint density at radius 2 is 2.12 bits per heavy atom. The second-order valence-corrected chi connectivity index (χ2v) is 6.09. The Morgan fingerprint density at radius 3 is 2.88 bits per heavy atom. The average Bonchev–Trinajstić information content (AvgIpc) is 3.17. The molecule has 0 spiro atoms. The summed E-state index contributed by atoms with van der Waals surface area (Å²) in [7, 11) is 0. The summed E-state index contributed by atoms with van der Waals surface area (Å²) in [6.07, 6.45) is 4.73. The van der Waals surface area contributed by atoms with E-state index < -0.39 is 0 Å². The van der Waals surface area contributed by atoms with Gasteiger partial charge in [0.05, 0.1) is 12.7 Å². The largest absolute Gasteiger partial charge is 0.462 e. The number of amides is 1. The molecular weight excluding hydrogens is 370 g/mol. The van der Waals surface area contributed by atoms with Gasteiger partial charge in [0.15, 0.2) is 0 Å². The number of rotatable bonds is 5. The topological polar surface area (TPSA) is 60.1 Å². The van der Waals surface area contributed by atoms with Gasteiger partial charge in [-0.05, 0) is 36.8 Å². The second kappa shape index (κ2) is 7.31. The minimum atomic E-state index is -0.238. The van der Waals surface area contributed by atoms with Crippen LogP contribution < -0.4 is 5.32 Å². The minimum absolute atomic E-state index is 0.238. The van der Waals surface area contributed by atoms with Crippen LogP contribution in [-0.4, -0.2) is 15.7 Å². The van der Waals surface area contributed by atoms with Crippen molar-refractivity contribution in [2.75, 3.05) is 5.32 Å². The van der Waals surface area contributed by atoms with E-state index in [1.54, 1.807) is 23.0 Å². The molecule has 0 aliphatic rings. The fourth-order valence-electron chi connectivity index (χ4n) is 2.22. The van der Waals surface area contributed by atoms with Crippen molar-refractivity contribution in [2.24, 2.45) is 0 Å². The van der Waals surface area contributed by atoms with Gasteiger partial charge in [0, 0.05) is 16.6 Å². The molecule has 24 heavy (non-hydrogen) atoms. The summed E-state index contributed by atoms with van der Waals surface area (Å²) < 4.78 is 8.14. The standard InChI is InChI=1S/C18H16BrN3O2/c1-13-6-7-15(24-13)8-9-18(23)21-17-10-11-20-22(17)12-14-4-2-3-5-16(14)19/h2-11H,12H2,1H3,(H,21,23)/b9-8+. The zero-order valence-corrected chi connectivity index (χ0v) is 14.7. The predicted molar refractivity (Wildman–Crippen MR) is 96.6 cm³/mol. The van der Waals surface area contributed by atoms with Gasteiger partial charge in [-0.25, -0.2) is 4.68 Å². The fraction of sp³-hybridized carbons (Fsp3) is 0.111. The third-order valence-corrected chi connectivity index (χ3v) is 4.18. The zero-order chi connectivity index (χ0) is 16.9. The first-order valence-electron chi connectivity index (χ1n) is 7.42. The highest BCUT2D eigenvalue weighted by atomic mass is 79.9. The van der Waals surface area contributed by atoms with E-state index in [9.17, 15) is 4.79 Å². The fourth-order valence-corrected chi connectivity index (χ4v) is 2.63. The van der Waals surface area contributed by atoms with E-state index in [0.29, 0.717) is 18.1 Å². The molecule has 0 bridgehead atoms. The monoisotopic (exact) mass is 385 g/mol. The Morgan fingerprint density at radius 1 is 1.29 bits per heavy atom. The highest BCUT2D eigenvalue weighted by Crippen LogP contribution is 2.18. The van der Waals surface area contributed by atoms with Gasteiger partial charge in [0.25, 0.3) is 0 Å². The molecule has 0 atom stereocenters. The molecule has 3 aromatic rings. The molecule has 2 heterocycles. The molecule has 6 heteroatoms. The van der Waals surface area contributed by atoms with Crippen molar-refractivity contribution in [3.8, 4) is 0 Å². The first kappa shape index (κ1) is 16.3. The van der Waals surface area contributed by atoms with E-state index in [0.717, 1.165) is 15.8 Å². The van der Waals surface area contributed by atoms with Crippen LogP contribution >= 0.6 is 15.9 Å². The maximum atomic E-state index is 12.1. The zero-order valence-electron chi connectivity index (χ0n) is 13.1. The number of halogens is 1. The number of furan rings is 1. The molecule has 5 nitrogen and oxygen atoms in total. The van der Waals surface area contributed by atoms with E-state index >= 15 is 0 Å². The van der Waals surface area contributed by atoms with Crippen LogP contribution in [0.3, 0.4) is 0 Å². The number of nitrogens with one attached hydrogen (secondary N) is 1. The van der Waals surface area contributed by atoms with Crippen molar-refractivity contribution in [1.82, 2.24) is 9.78 Å². The van der Waals surface area contributed by atoms with Crippen LogP contribution in [-0.2, 0) is 11.3 Å². The van der Waals surface area contributed by atoms with E-state index in [1.807, 2.05) is 43.3 Å². The summed E-state index contributed by atoms with van der Waals surface area (Å²) in [5.41, 5.74) is 1.08. The maximum absolute atomic E-state index is 12.1. The van der Waals surface area contributed by atoms with Crippen LogP contribution in [0.5, 0.6) is 0 Å². The molecule has 3 rings (SSSR count). The third kappa shape index (κ3) is 4.02. The van der Waals surface area contributed by atoms with E-state index in [2.05, 4.69) is 26.3 Å². The molecule has 122 valence electrons. The molecular formula is C18H16BrN3O2. The molecule has 0 fully saturated rings. The van der Waals surface area contributed by atoms with Crippen LogP contribution in [0.15, 0.2) is 63.6 Å². The molecule has 1 amide bonds. The molecule has 0 unspecified atom stereocenters. The van der Waals surface area contributed by atoms with Crippen LogP contribution in [0.4, 0.5) is 5.82 Å². The summed E-state index contributed by atoms with van der Waals surface area (Å²) in [5.74, 6) is 1.85. The quantitative estimate of drug-likeness (QED) is 0.667. The number of anilines is 1. The molecule has 0 aliphatic carbocycles. The lowest BCUT2D eigenvalue weighted by Gasteiger charge is -2.09. The van der Waals surface area contributed by atoms with Crippen molar-refractivity contribution in [3.63, 3.8) is 0 Å². The maximum Gasteiger partial charge on any atom is 0.249 e. The number of hydrogen-bond donors (Lipinski definition) is 1. The number of hydrogen-bond acceptors (Lipinski definition) is 3. The number of aryl methyl sites for hydroxylation is 1. The minimum Gasteiger partial charge on any atom is -0.462 e. The second-order valence-electron chi connectivity index (χ2n) is 5.24. The summed E-state index contributed by atoms with van der Waals surface area (Å²) >= 11 is 3.52. The van der Waals surface area contributed by atoms with Crippen LogP contribution in [0.25, 0.3) is 6.08 Å². The van der Waals surface area contributed by atoms with Gasteiger partial charge in [0.1, 0.15) is 17.3 Å². The van der Waals surface area contributed by atoms with Crippen LogP contribution in [0.1, 0.15) is 17.1 Å². The van der Waals surface area contributed by atoms with E-state index in [1.165, 1.54) is 6.08 Å². The van der Waals surface area contributed by atoms with Crippen molar-refractivity contribution in [1.29, 1.82) is 0 Å². The molecule has 2 aromatic heterocycles. The van der Waals surface area contributed by atoms with Gasteiger partial charge in [-0.3, -0.25) is 4.79 Å². The summed E-state index contributed by atoms with van der Waals surface area (Å²) in [6, 6.07) is 13.3. The number of aromatic nitrogens is 2. The number of nitrogens with zero attached hydrogens (tertiary/aromatic N) is 2. The lowest BCUT2D eigenvalue weighted by Crippen LogP contribution is -2.13. The first-order valence-corrected chi connectivity index (χ1v) is 8.22. The number of benzene rings is 1. The van der Waals surface area contributed by atoms with Gasteiger partial charge < -0.3 is 9.73 Å². The normalized spacial score (nSPS) is 11.1. The van der Waals surface area contributed by atoms with E-state index in [4.69, 9.17) is 4.42 Å². The van der Waals surface area contributed by atoms with E-state index in [-0.39, 0.29) is 5.91 Å². The smallest absolute Gasteiger partial charge is 0.249 e. The molecule has 0 saturated heterocycles. The Labute approximate surface area is 148 Å². The van der Waals surface area contributed by atoms with Crippen molar-refractivity contribution in [2.45, 2.75) is 13.5 Å². The summed E-state index contributed by atoms with van der Waals surface area (Å²) in [5, 5.41) is 7.09. The molecule has 0 aliphatic heterocycles. The highest BCUT2D eigenvalue weighted by Gasteiger charge is 2.07. The summed E-state index contributed by atoms with van der Waals surface area (Å²) in [6.45, 7) is 2.42. The highest BCUT2D eigenvalue weighted by molar-refractivity contribution is 9.10. The molecule has 1 aromatic carbocycles. The SMILES string of the molecule is Cc1ccc(/C=C/C(=O)Nc2ccnn2Cc2ccccc2Br)o1. The van der Waals surface area contributed by atoms with Gasteiger partial charge in [-0.1, -0.05) is 34.1 Å². The molecule has 0 radical (unpaired) electrons. The molecule has 1 N–H and O–H groups in total. The van der Waals surface area contributed by atoms with Crippen molar-refractivity contribution >= 4 is 33.7 Å². The van der Waals surface area contributed by atoms with Crippen molar-refractivity contribution < 1.29 is 9.21 Å². The van der Waals surface area contributed by atoms with Crippen LogP contribution in [0, 0.1) is 6.92 Å². The Hall–Kier alpha value is -2.60.